The molecule has 2 aromatic rings. The molecule has 3 rings (SSSR count). The quantitative estimate of drug-likeness (QED) is 0.904. The molecule has 0 saturated heterocycles. The molecule has 22 heavy (non-hydrogen) atoms. The molecule has 6 nitrogen and oxygen atoms in total. The summed E-state index contributed by atoms with van der Waals surface area (Å²) in [6, 6.07) is 8.24. The zero-order chi connectivity index (χ0) is 15.7. The largest absolute Gasteiger partial charge is 0.352 e. The molecular formula is C16H21N5O. The third-order valence-corrected chi connectivity index (χ3v) is 3.66. The van der Waals surface area contributed by atoms with Gasteiger partial charge >= 0.3 is 0 Å². The fourth-order valence-electron chi connectivity index (χ4n) is 2.33. The molecule has 0 aliphatic heterocycles. The smallest absolute Gasteiger partial charge is 0.239 e. The van der Waals surface area contributed by atoms with Gasteiger partial charge in [-0.15, -0.1) is 0 Å². The molecule has 0 atom stereocenters. The SMILES string of the molecule is CN(C)c1nc(N(C)CC(=O)NC2CC2)c2ccccc2n1. The average Bonchev–Trinajstić information content (AvgIpc) is 3.29. The summed E-state index contributed by atoms with van der Waals surface area (Å²) in [6.45, 7) is 0.296. The van der Waals surface area contributed by atoms with Gasteiger partial charge in [0.15, 0.2) is 0 Å². The number of rotatable bonds is 5. The Balaban J connectivity index is 1.91. The van der Waals surface area contributed by atoms with E-state index in [9.17, 15) is 4.79 Å². The minimum absolute atomic E-state index is 0.0408. The number of benzene rings is 1. The van der Waals surface area contributed by atoms with E-state index in [-0.39, 0.29) is 5.91 Å². The van der Waals surface area contributed by atoms with E-state index in [1.807, 2.05) is 55.2 Å². The summed E-state index contributed by atoms with van der Waals surface area (Å²) in [5, 5.41) is 3.96. The first-order chi connectivity index (χ1) is 10.5. The predicted octanol–water partition coefficient (Wildman–Crippen LogP) is 1.41. The van der Waals surface area contributed by atoms with Crippen molar-refractivity contribution < 1.29 is 4.79 Å². The number of carbonyl (C=O) groups is 1. The van der Waals surface area contributed by atoms with Gasteiger partial charge in [-0.05, 0) is 25.0 Å². The minimum Gasteiger partial charge on any atom is -0.352 e. The van der Waals surface area contributed by atoms with Crippen LogP contribution in [0.15, 0.2) is 24.3 Å². The van der Waals surface area contributed by atoms with Gasteiger partial charge in [0.1, 0.15) is 5.82 Å². The molecule has 0 bridgehead atoms. The fourth-order valence-corrected chi connectivity index (χ4v) is 2.33. The summed E-state index contributed by atoms with van der Waals surface area (Å²) in [6.07, 6.45) is 2.19. The van der Waals surface area contributed by atoms with Crippen LogP contribution in [0, 0.1) is 0 Å². The average molecular weight is 299 g/mol. The molecule has 1 heterocycles. The third-order valence-electron chi connectivity index (χ3n) is 3.66. The molecule has 1 aromatic heterocycles. The summed E-state index contributed by atoms with van der Waals surface area (Å²) in [5.41, 5.74) is 0.880. The Morgan fingerprint density at radius 1 is 1.23 bits per heavy atom. The van der Waals surface area contributed by atoms with E-state index in [1.165, 1.54) is 0 Å². The maximum absolute atomic E-state index is 12.0. The summed E-state index contributed by atoms with van der Waals surface area (Å²) >= 11 is 0. The van der Waals surface area contributed by atoms with Crippen LogP contribution in [0.5, 0.6) is 0 Å². The molecule has 0 spiro atoms. The van der Waals surface area contributed by atoms with Crippen molar-refractivity contribution in [2.24, 2.45) is 0 Å². The van der Waals surface area contributed by atoms with Crippen molar-refractivity contribution in [3.8, 4) is 0 Å². The van der Waals surface area contributed by atoms with E-state index in [0.29, 0.717) is 18.5 Å². The zero-order valence-electron chi connectivity index (χ0n) is 13.2. The van der Waals surface area contributed by atoms with Gasteiger partial charge in [-0.1, -0.05) is 12.1 Å². The highest BCUT2D eigenvalue weighted by molar-refractivity contribution is 5.92. The van der Waals surface area contributed by atoms with Crippen LogP contribution in [0.25, 0.3) is 10.9 Å². The van der Waals surface area contributed by atoms with Gasteiger partial charge < -0.3 is 15.1 Å². The van der Waals surface area contributed by atoms with Crippen molar-refractivity contribution in [3.63, 3.8) is 0 Å². The van der Waals surface area contributed by atoms with Gasteiger partial charge in [-0.25, -0.2) is 4.98 Å². The Morgan fingerprint density at radius 3 is 2.64 bits per heavy atom. The first-order valence-corrected chi connectivity index (χ1v) is 7.49. The number of hydrogen-bond acceptors (Lipinski definition) is 5. The molecule has 6 heteroatoms. The Morgan fingerprint density at radius 2 is 1.95 bits per heavy atom. The molecular weight excluding hydrogens is 278 g/mol. The van der Waals surface area contributed by atoms with Crippen LogP contribution in [-0.2, 0) is 4.79 Å². The van der Waals surface area contributed by atoms with Crippen molar-refractivity contribution >= 4 is 28.6 Å². The number of fused-ring (bicyclic) bond motifs is 1. The lowest BCUT2D eigenvalue weighted by molar-refractivity contribution is -0.119. The second-order valence-corrected chi connectivity index (χ2v) is 5.96. The predicted molar refractivity (Wildman–Crippen MR) is 88.3 cm³/mol. The van der Waals surface area contributed by atoms with Crippen molar-refractivity contribution in [2.75, 3.05) is 37.5 Å². The van der Waals surface area contributed by atoms with E-state index in [1.54, 1.807) is 0 Å². The first kappa shape index (κ1) is 14.6. The first-order valence-electron chi connectivity index (χ1n) is 7.49. The van der Waals surface area contributed by atoms with Crippen LogP contribution >= 0.6 is 0 Å². The van der Waals surface area contributed by atoms with Crippen LogP contribution in [0.3, 0.4) is 0 Å². The minimum atomic E-state index is 0.0408. The summed E-state index contributed by atoms with van der Waals surface area (Å²) < 4.78 is 0. The van der Waals surface area contributed by atoms with E-state index in [4.69, 9.17) is 0 Å². The van der Waals surface area contributed by atoms with Crippen LogP contribution in [0.4, 0.5) is 11.8 Å². The Hall–Kier alpha value is -2.37. The van der Waals surface area contributed by atoms with Crippen LogP contribution in [0.1, 0.15) is 12.8 Å². The maximum atomic E-state index is 12.0. The highest BCUT2D eigenvalue weighted by Crippen LogP contribution is 2.25. The van der Waals surface area contributed by atoms with Crippen molar-refractivity contribution in [3.05, 3.63) is 24.3 Å². The van der Waals surface area contributed by atoms with Gasteiger partial charge in [0.2, 0.25) is 11.9 Å². The van der Waals surface area contributed by atoms with Gasteiger partial charge in [0, 0.05) is 32.6 Å². The summed E-state index contributed by atoms with van der Waals surface area (Å²) in [5.74, 6) is 1.46. The molecule has 1 amide bonds. The maximum Gasteiger partial charge on any atom is 0.239 e. The standard InChI is InChI=1S/C16H21N5O/c1-20(2)16-18-13-7-5-4-6-12(13)15(19-16)21(3)10-14(22)17-11-8-9-11/h4-7,11H,8-10H2,1-3H3,(H,17,22). The lowest BCUT2D eigenvalue weighted by Crippen LogP contribution is -2.36. The summed E-state index contributed by atoms with van der Waals surface area (Å²) in [4.78, 5) is 24.9. The van der Waals surface area contributed by atoms with Gasteiger partial charge in [-0.2, -0.15) is 4.98 Å². The summed E-state index contributed by atoms with van der Waals surface area (Å²) in [7, 11) is 5.71. The van der Waals surface area contributed by atoms with E-state index in [2.05, 4.69) is 15.3 Å². The van der Waals surface area contributed by atoms with Crippen molar-refractivity contribution in [2.45, 2.75) is 18.9 Å². The number of hydrogen-bond donors (Lipinski definition) is 1. The molecule has 1 aliphatic rings. The molecule has 116 valence electrons. The van der Waals surface area contributed by atoms with Crippen LogP contribution in [0.2, 0.25) is 0 Å². The highest BCUT2D eigenvalue weighted by Gasteiger charge is 2.24. The normalized spacial score (nSPS) is 14.0. The Kier molecular flexibility index (Phi) is 3.83. The monoisotopic (exact) mass is 299 g/mol. The molecule has 1 aromatic carbocycles. The molecule has 0 radical (unpaired) electrons. The van der Waals surface area contributed by atoms with Crippen LogP contribution in [-0.4, -0.2) is 49.6 Å². The number of carbonyl (C=O) groups excluding carboxylic acids is 1. The van der Waals surface area contributed by atoms with E-state index >= 15 is 0 Å². The second-order valence-electron chi connectivity index (χ2n) is 5.96. The number of aromatic nitrogens is 2. The second kappa shape index (κ2) is 5.79. The Labute approximate surface area is 130 Å². The fraction of sp³-hybridized carbons (Fsp3) is 0.438. The number of likely N-dealkylation sites (N-methyl/N-ethyl adjacent to an activating group) is 1. The number of anilines is 2. The number of amides is 1. The van der Waals surface area contributed by atoms with Gasteiger partial charge in [0.05, 0.1) is 12.1 Å². The molecule has 1 aliphatic carbocycles. The molecule has 1 saturated carbocycles. The number of nitrogens with one attached hydrogen (secondary N) is 1. The van der Waals surface area contributed by atoms with Crippen LogP contribution < -0.4 is 15.1 Å². The molecule has 1 fully saturated rings. The van der Waals surface area contributed by atoms with E-state index in [0.717, 1.165) is 29.6 Å². The molecule has 1 N–H and O–H groups in total. The molecule has 0 unspecified atom stereocenters. The lowest BCUT2D eigenvalue weighted by atomic mass is 10.2. The zero-order valence-corrected chi connectivity index (χ0v) is 13.2. The highest BCUT2D eigenvalue weighted by atomic mass is 16.2. The topological polar surface area (TPSA) is 61.4 Å². The van der Waals surface area contributed by atoms with Gasteiger partial charge in [-0.3, -0.25) is 4.79 Å². The van der Waals surface area contributed by atoms with Crippen molar-refractivity contribution in [1.82, 2.24) is 15.3 Å². The lowest BCUT2D eigenvalue weighted by Gasteiger charge is -2.21. The van der Waals surface area contributed by atoms with Crippen molar-refractivity contribution in [1.29, 1.82) is 0 Å². The third kappa shape index (κ3) is 3.10. The Bertz CT molecular complexity index is 696. The number of nitrogens with zero attached hydrogens (tertiary/aromatic N) is 4. The number of para-hydroxylation sites is 1. The van der Waals surface area contributed by atoms with E-state index < -0.39 is 0 Å². The van der Waals surface area contributed by atoms with Gasteiger partial charge in [0.25, 0.3) is 0 Å².